The van der Waals surface area contributed by atoms with Crippen LogP contribution in [0.5, 0.6) is 5.75 Å². The lowest BCUT2D eigenvalue weighted by Gasteiger charge is -2.10. The molecule has 160 valence electrons. The average molecular weight is 426 g/mol. The monoisotopic (exact) mass is 426 g/mol. The fourth-order valence-corrected chi connectivity index (χ4v) is 3.30. The van der Waals surface area contributed by atoms with Crippen LogP contribution < -0.4 is 4.74 Å². The van der Waals surface area contributed by atoms with Gasteiger partial charge >= 0.3 is 5.97 Å². The van der Waals surface area contributed by atoms with E-state index in [-0.39, 0.29) is 5.78 Å². The van der Waals surface area contributed by atoms with Crippen LogP contribution >= 0.6 is 0 Å². The third-order valence-corrected chi connectivity index (χ3v) is 5.05. The Bertz CT molecular complexity index is 1320. The number of ketones is 1. The maximum Gasteiger partial charge on any atom is 0.344 e. The Morgan fingerprint density at radius 3 is 2.53 bits per heavy atom. The summed E-state index contributed by atoms with van der Waals surface area (Å²) in [7, 11) is 0. The van der Waals surface area contributed by atoms with Gasteiger partial charge < -0.3 is 9.84 Å². The van der Waals surface area contributed by atoms with Gasteiger partial charge in [0.1, 0.15) is 5.75 Å². The second kappa shape index (κ2) is 8.89. The van der Waals surface area contributed by atoms with Gasteiger partial charge in [0.2, 0.25) is 5.78 Å². The first-order valence-corrected chi connectivity index (χ1v) is 10.2. The standard InChI is InChI=1S/C26H22N2O4/c1-17-10-12-20(13-11-17)24(29)25-27-22-8-3-4-9-23(22)28(25)15-14-19-6-5-7-21(16-19)32-18(2)26(30)31/h3-16,18H,1-2H3,(H,30,31)/b15-14+/t18-/m1/s1. The maximum absolute atomic E-state index is 13.2. The van der Waals surface area contributed by atoms with Crippen molar-refractivity contribution < 1.29 is 19.4 Å². The molecule has 1 N–H and O–H groups in total. The van der Waals surface area contributed by atoms with Gasteiger partial charge in [-0.25, -0.2) is 9.78 Å². The molecule has 6 nitrogen and oxygen atoms in total. The number of hydrogen-bond donors (Lipinski definition) is 1. The molecule has 0 saturated carbocycles. The number of carboxylic acid groups (broad SMARTS) is 1. The van der Waals surface area contributed by atoms with E-state index >= 15 is 0 Å². The van der Waals surface area contributed by atoms with Crippen LogP contribution in [0.4, 0.5) is 0 Å². The smallest absolute Gasteiger partial charge is 0.344 e. The highest BCUT2D eigenvalue weighted by Crippen LogP contribution is 2.21. The number of imidazole rings is 1. The first kappa shape index (κ1) is 21.1. The van der Waals surface area contributed by atoms with E-state index in [1.54, 1.807) is 41.1 Å². The number of benzene rings is 3. The van der Waals surface area contributed by atoms with E-state index < -0.39 is 12.1 Å². The SMILES string of the molecule is Cc1ccc(C(=O)c2nc3ccccc3n2/C=C/c2cccc(O[C@H](C)C(=O)O)c2)cc1. The summed E-state index contributed by atoms with van der Waals surface area (Å²) >= 11 is 0. The minimum atomic E-state index is -1.03. The van der Waals surface area contributed by atoms with Crippen LogP contribution in [0.3, 0.4) is 0 Å². The predicted molar refractivity (Wildman–Crippen MR) is 124 cm³/mol. The first-order valence-electron chi connectivity index (χ1n) is 10.2. The van der Waals surface area contributed by atoms with Crippen LogP contribution in [0.1, 0.15) is 34.2 Å². The molecule has 4 aromatic rings. The molecule has 0 saturated heterocycles. The molecule has 6 heteroatoms. The summed E-state index contributed by atoms with van der Waals surface area (Å²) in [6.07, 6.45) is 2.67. The molecule has 0 aliphatic heterocycles. The number of rotatable bonds is 7. The minimum absolute atomic E-state index is 0.168. The number of hydrogen-bond acceptors (Lipinski definition) is 4. The van der Waals surface area contributed by atoms with Gasteiger partial charge in [-0.1, -0.05) is 54.1 Å². The molecular weight excluding hydrogens is 404 g/mol. The van der Waals surface area contributed by atoms with Crippen LogP contribution in [0, 0.1) is 6.92 Å². The van der Waals surface area contributed by atoms with Crippen molar-refractivity contribution in [3.63, 3.8) is 0 Å². The van der Waals surface area contributed by atoms with Crippen LogP contribution in [-0.4, -0.2) is 32.5 Å². The summed E-state index contributed by atoms with van der Waals surface area (Å²) in [5.41, 5.74) is 3.98. The number of para-hydroxylation sites is 2. The van der Waals surface area contributed by atoms with Crippen molar-refractivity contribution in [2.45, 2.75) is 20.0 Å². The van der Waals surface area contributed by atoms with Crippen molar-refractivity contribution in [2.75, 3.05) is 0 Å². The third-order valence-electron chi connectivity index (χ3n) is 5.05. The van der Waals surface area contributed by atoms with E-state index in [1.807, 2.05) is 55.5 Å². The van der Waals surface area contributed by atoms with E-state index in [9.17, 15) is 9.59 Å². The van der Waals surface area contributed by atoms with Gasteiger partial charge in [0.15, 0.2) is 11.9 Å². The quantitative estimate of drug-likeness (QED) is 0.418. The van der Waals surface area contributed by atoms with Crippen LogP contribution in [0.25, 0.3) is 23.3 Å². The molecule has 0 amide bonds. The zero-order chi connectivity index (χ0) is 22.7. The Labute approximate surface area is 185 Å². The Morgan fingerprint density at radius 2 is 1.78 bits per heavy atom. The second-order valence-corrected chi connectivity index (χ2v) is 7.48. The van der Waals surface area contributed by atoms with Gasteiger partial charge in [-0.05, 0) is 49.8 Å². The van der Waals surface area contributed by atoms with Gasteiger partial charge in [-0.3, -0.25) is 9.36 Å². The number of aryl methyl sites for hydroxylation is 1. The minimum Gasteiger partial charge on any atom is -0.479 e. The number of carbonyl (C=O) groups excluding carboxylic acids is 1. The van der Waals surface area contributed by atoms with Crippen molar-refractivity contribution in [3.05, 3.63) is 95.3 Å². The van der Waals surface area contributed by atoms with Crippen molar-refractivity contribution in [3.8, 4) is 5.75 Å². The molecule has 0 spiro atoms. The molecule has 4 rings (SSSR count). The second-order valence-electron chi connectivity index (χ2n) is 7.48. The van der Waals surface area contributed by atoms with Crippen LogP contribution in [0.15, 0.2) is 72.8 Å². The average Bonchev–Trinajstić information content (AvgIpc) is 3.16. The van der Waals surface area contributed by atoms with Crippen LogP contribution in [0.2, 0.25) is 0 Å². The van der Waals surface area contributed by atoms with Crippen molar-refractivity contribution >= 4 is 35.1 Å². The topological polar surface area (TPSA) is 81.4 Å². The predicted octanol–water partition coefficient (Wildman–Crippen LogP) is 5.06. The van der Waals surface area contributed by atoms with Gasteiger partial charge in [-0.2, -0.15) is 0 Å². The number of aliphatic carboxylic acids is 1. The van der Waals surface area contributed by atoms with Gasteiger partial charge in [0.05, 0.1) is 11.0 Å². The molecule has 0 fully saturated rings. The third kappa shape index (κ3) is 4.44. The molecular formula is C26H22N2O4. The van der Waals surface area contributed by atoms with E-state index in [1.165, 1.54) is 6.92 Å². The van der Waals surface area contributed by atoms with Crippen LogP contribution in [-0.2, 0) is 4.79 Å². The summed E-state index contributed by atoms with van der Waals surface area (Å²) in [5, 5.41) is 9.05. The Balaban J connectivity index is 1.71. The molecule has 0 radical (unpaired) electrons. The summed E-state index contributed by atoms with van der Waals surface area (Å²) in [6, 6.07) is 22.1. The first-order chi connectivity index (χ1) is 15.4. The summed E-state index contributed by atoms with van der Waals surface area (Å²) < 4.78 is 7.22. The molecule has 1 heterocycles. The zero-order valence-electron chi connectivity index (χ0n) is 17.7. The molecule has 1 atom stereocenters. The van der Waals surface area contributed by atoms with E-state index in [4.69, 9.17) is 9.84 Å². The van der Waals surface area contributed by atoms with Gasteiger partial charge in [0, 0.05) is 11.8 Å². The Hall–Kier alpha value is -4.19. The normalized spacial score (nSPS) is 12.2. The van der Waals surface area contributed by atoms with E-state index in [0.717, 1.165) is 22.2 Å². The highest BCUT2D eigenvalue weighted by atomic mass is 16.5. The fraction of sp³-hybridized carbons (Fsp3) is 0.115. The summed E-state index contributed by atoms with van der Waals surface area (Å²) in [6.45, 7) is 3.45. The number of fused-ring (bicyclic) bond motifs is 1. The lowest BCUT2D eigenvalue weighted by atomic mass is 10.1. The molecule has 3 aromatic carbocycles. The molecule has 1 aromatic heterocycles. The van der Waals surface area contributed by atoms with Crippen molar-refractivity contribution in [2.24, 2.45) is 0 Å². The van der Waals surface area contributed by atoms with Crippen molar-refractivity contribution in [1.29, 1.82) is 0 Å². The molecule has 32 heavy (non-hydrogen) atoms. The molecule has 0 aliphatic rings. The number of carboxylic acids is 1. The summed E-state index contributed by atoms with van der Waals surface area (Å²) in [4.78, 5) is 28.8. The number of ether oxygens (including phenoxy) is 1. The highest BCUT2D eigenvalue weighted by molar-refractivity contribution is 6.09. The summed E-state index contributed by atoms with van der Waals surface area (Å²) in [5.74, 6) is -0.431. The fourth-order valence-electron chi connectivity index (χ4n) is 3.30. The maximum atomic E-state index is 13.2. The highest BCUT2D eigenvalue weighted by Gasteiger charge is 2.18. The van der Waals surface area contributed by atoms with Gasteiger partial charge in [-0.15, -0.1) is 0 Å². The van der Waals surface area contributed by atoms with Crippen molar-refractivity contribution in [1.82, 2.24) is 9.55 Å². The Morgan fingerprint density at radius 1 is 1.03 bits per heavy atom. The van der Waals surface area contributed by atoms with E-state index in [0.29, 0.717) is 17.1 Å². The molecule has 0 aliphatic carbocycles. The lowest BCUT2D eigenvalue weighted by molar-refractivity contribution is -0.144. The lowest BCUT2D eigenvalue weighted by Crippen LogP contribution is -2.22. The largest absolute Gasteiger partial charge is 0.479 e. The molecule has 0 bridgehead atoms. The number of aromatic nitrogens is 2. The number of nitrogens with zero attached hydrogens (tertiary/aromatic N) is 2. The van der Waals surface area contributed by atoms with E-state index in [2.05, 4.69) is 4.98 Å². The number of carbonyl (C=O) groups is 2. The molecule has 0 unspecified atom stereocenters. The Kier molecular flexibility index (Phi) is 5.85. The van der Waals surface area contributed by atoms with Gasteiger partial charge in [0.25, 0.3) is 0 Å². The zero-order valence-corrected chi connectivity index (χ0v) is 17.7.